The number of halogens is 1. The molecule has 0 bridgehead atoms. The minimum Gasteiger partial charge on any atom is -0.495 e. The molecule has 9 heteroatoms. The Morgan fingerprint density at radius 1 is 1.35 bits per heavy atom. The van der Waals surface area contributed by atoms with Gasteiger partial charge in [0.1, 0.15) is 10.8 Å². The Labute approximate surface area is 190 Å². The van der Waals surface area contributed by atoms with E-state index in [1.54, 1.807) is 22.8 Å². The van der Waals surface area contributed by atoms with E-state index in [4.69, 9.17) is 21.1 Å². The largest absolute Gasteiger partial charge is 0.495 e. The van der Waals surface area contributed by atoms with Gasteiger partial charge in [-0.25, -0.2) is 4.79 Å². The molecule has 31 heavy (non-hydrogen) atoms. The summed E-state index contributed by atoms with van der Waals surface area (Å²) in [6.07, 6.45) is 5.95. The van der Waals surface area contributed by atoms with Crippen LogP contribution in [0.3, 0.4) is 0 Å². The molecule has 2 heterocycles. The topological polar surface area (TPSA) is 82.5 Å². The van der Waals surface area contributed by atoms with Gasteiger partial charge in [-0.1, -0.05) is 23.4 Å². The smallest absolute Gasteiger partial charge is 0.348 e. The summed E-state index contributed by atoms with van der Waals surface area (Å²) in [6, 6.07) is 5.05. The summed E-state index contributed by atoms with van der Waals surface area (Å²) in [6.45, 7) is 1.32. The van der Waals surface area contributed by atoms with E-state index in [1.165, 1.54) is 18.9 Å². The highest BCUT2D eigenvalue weighted by atomic mass is 35.5. The molecule has 1 atom stereocenters. The Bertz CT molecular complexity index is 1020. The molecule has 2 aliphatic rings. The van der Waals surface area contributed by atoms with Crippen molar-refractivity contribution in [1.82, 2.24) is 9.55 Å². The quantitative estimate of drug-likeness (QED) is 0.498. The maximum Gasteiger partial charge on any atom is 0.348 e. The van der Waals surface area contributed by atoms with Gasteiger partial charge in [0.25, 0.3) is 0 Å². The number of amides is 1. The van der Waals surface area contributed by atoms with Crippen LogP contribution in [0.2, 0.25) is 5.02 Å². The summed E-state index contributed by atoms with van der Waals surface area (Å²) < 4.78 is 12.8. The standard InChI is InChI=1S/C22H26ClN3O4S/c1-29-19-9-8-14(23)11-17(19)24-20(27)13-31-21-16-6-2-3-7-18(16)26(22(28)25-21)12-15-5-4-10-30-15/h8-9,11,15H,2-7,10,12-13H2,1H3,(H,24,27). The number of carbonyl (C=O) groups excluding carboxylic acids is 1. The van der Waals surface area contributed by atoms with Crippen LogP contribution in [0.4, 0.5) is 5.69 Å². The molecule has 1 unspecified atom stereocenters. The van der Waals surface area contributed by atoms with E-state index < -0.39 is 0 Å². The van der Waals surface area contributed by atoms with Gasteiger partial charge in [0.05, 0.1) is 31.2 Å². The Kier molecular flexibility index (Phi) is 7.20. The molecule has 1 N–H and O–H groups in total. The molecule has 1 aromatic carbocycles. The SMILES string of the molecule is COc1ccc(Cl)cc1NC(=O)CSc1nc(=O)n(CC2CCCO2)c2c1CCCC2. The minimum absolute atomic E-state index is 0.0856. The minimum atomic E-state index is -0.254. The molecule has 4 rings (SSSR count). The number of carbonyl (C=O) groups is 1. The summed E-state index contributed by atoms with van der Waals surface area (Å²) in [5, 5.41) is 4.00. The van der Waals surface area contributed by atoms with Crippen molar-refractivity contribution in [2.24, 2.45) is 0 Å². The first-order chi connectivity index (χ1) is 15.0. The number of ether oxygens (including phenoxy) is 2. The predicted octanol–water partition coefficient (Wildman–Crippen LogP) is 3.69. The number of nitrogens with one attached hydrogen (secondary N) is 1. The molecule has 1 amide bonds. The van der Waals surface area contributed by atoms with Crippen molar-refractivity contribution in [2.45, 2.75) is 56.2 Å². The van der Waals surface area contributed by atoms with Crippen LogP contribution in [0.5, 0.6) is 5.75 Å². The second-order valence-electron chi connectivity index (χ2n) is 7.76. The van der Waals surface area contributed by atoms with E-state index in [1.807, 2.05) is 0 Å². The lowest BCUT2D eigenvalue weighted by Gasteiger charge is -2.24. The van der Waals surface area contributed by atoms with Crippen molar-refractivity contribution >= 4 is 35.0 Å². The van der Waals surface area contributed by atoms with Gasteiger partial charge in [-0.05, 0) is 56.7 Å². The molecule has 0 radical (unpaired) electrons. The van der Waals surface area contributed by atoms with Crippen molar-refractivity contribution in [2.75, 3.05) is 24.8 Å². The average molecular weight is 464 g/mol. The second-order valence-corrected chi connectivity index (χ2v) is 9.16. The third-order valence-corrected chi connectivity index (χ3v) is 6.89. The first kappa shape index (κ1) is 22.2. The number of rotatable bonds is 7. The molecular weight excluding hydrogens is 438 g/mol. The highest BCUT2D eigenvalue weighted by molar-refractivity contribution is 8.00. The zero-order valence-electron chi connectivity index (χ0n) is 17.5. The third-order valence-electron chi connectivity index (χ3n) is 5.64. The van der Waals surface area contributed by atoms with Crippen LogP contribution in [0.15, 0.2) is 28.0 Å². The fourth-order valence-electron chi connectivity index (χ4n) is 4.15. The van der Waals surface area contributed by atoms with Crippen LogP contribution in [-0.4, -0.2) is 41.0 Å². The molecule has 0 spiro atoms. The van der Waals surface area contributed by atoms with Crippen molar-refractivity contribution in [3.05, 3.63) is 45.0 Å². The number of thioether (sulfide) groups is 1. The Hall–Kier alpha value is -2.03. The third kappa shape index (κ3) is 5.25. The second kappa shape index (κ2) is 10.1. The molecule has 7 nitrogen and oxygen atoms in total. The monoisotopic (exact) mass is 463 g/mol. The van der Waals surface area contributed by atoms with Crippen LogP contribution < -0.4 is 15.7 Å². The van der Waals surface area contributed by atoms with Gasteiger partial charge in [-0.3, -0.25) is 9.36 Å². The summed E-state index contributed by atoms with van der Waals surface area (Å²) in [4.78, 5) is 29.7. The van der Waals surface area contributed by atoms with Crippen LogP contribution in [0.25, 0.3) is 0 Å². The number of benzene rings is 1. The molecule has 0 saturated carbocycles. The van der Waals surface area contributed by atoms with Crippen molar-refractivity contribution in [3.63, 3.8) is 0 Å². The predicted molar refractivity (Wildman–Crippen MR) is 121 cm³/mol. The lowest BCUT2D eigenvalue weighted by Crippen LogP contribution is -2.34. The molecule has 1 saturated heterocycles. The highest BCUT2D eigenvalue weighted by Gasteiger charge is 2.24. The average Bonchev–Trinajstić information content (AvgIpc) is 3.28. The van der Waals surface area contributed by atoms with Crippen LogP contribution >= 0.6 is 23.4 Å². The maximum absolute atomic E-state index is 12.8. The van der Waals surface area contributed by atoms with Gasteiger partial charge >= 0.3 is 5.69 Å². The fourth-order valence-corrected chi connectivity index (χ4v) is 5.19. The Balaban J connectivity index is 1.49. The number of fused-ring (bicyclic) bond motifs is 1. The molecule has 1 aliphatic heterocycles. The highest BCUT2D eigenvalue weighted by Crippen LogP contribution is 2.31. The first-order valence-electron chi connectivity index (χ1n) is 10.6. The van der Waals surface area contributed by atoms with E-state index in [0.717, 1.165) is 56.4 Å². The van der Waals surface area contributed by atoms with Gasteiger partial charge in [0.15, 0.2) is 0 Å². The van der Waals surface area contributed by atoms with E-state index in [-0.39, 0.29) is 23.5 Å². The summed E-state index contributed by atoms with van der Waals surface area (Å²) in [5.74, 6) is 0.472. The summed E-state index contributed by atoms with van der Waals surface area (Å²) >= 11 is 7.34. The number of anilines is 1. The number of nitrogens with zero attached hydrogens (tertiary/aromatic N) is 2. The van der Waals surface area contributed by atoms with E-state index in [2.05, 4.69) is 10.3 Å². The van der Waals surface area contributed by atoms with Gasteiger partial charge in [-0.15, -0.1) is 0 Å². The Morgan fingerprint density at radius 2 is 2.19 bits per heavy atom. The van der Waals surface area contributed by atoms with Gasteiger partial charge in [0, 0.05) is 22.9 Å². The van der Waals surface area contributed by atoms with E-state index in [0.29, 0.717) is 28.0 Å². The molecular formula is C22H26ClN3O4S. The van der Waals surface area contributed by atoms with Crippen LogP contribution in [-0.2, 0) is 28.9 Å². The number of hydrogen-bond donors (Lipinski definition) is 1. The zero-order chi connectivity index (χ0) is 21.8. The number of methoxy groups -OCH3 is 1. The Morgan fingerprint density at radius 3 is 2.97 bits per heavy atom. The normalized spacial score (nSPS) is 17.9. The number of aromatic nitrogens is 2. The zero-order valence-corrected chi connectivity index (χ0v) is 19.1. The van der Waals surface area contributed by atoms with Crippen LogP contribution in [0.1, 0.15) is 36.9 Å². The van der Waals surface area contributed by atoms with Gasteiger partial charge < -0.3 is 14.8 Å². The first-order valence-corrected chi connectivity index (χ1v) is 11.9. The molecule has 1 aromatic heterocycles. The van der Waals surface area contributed by atoms with Crippen molar-refractivity contribution in [1.29, 1.82) is 0 Å². The lowest BCUT2D eigenvalue weighted by atomic mass is 9.97. The van der Waals surface area contributed by atoms with E-state index >= 15 is 0 Å². The van der Waals surface area contributed by atoms with Crippen molar-refractivity contribution in [3.8, 4) is 5.75 Å². The van der Waals surface area contributed by atoms with Crippen LogP contribution in [0, 0.1) is 0 Å². The summed E-state index contributed by atoms with van der Waals surface area (Å²) in [7, 11) is 1.54. The number of hydrogen-bond acceptors (Lipinski definition) is 6. The molecule has 166 valence electrons. The van der Waals surface area contributed by atoms with Gasteiger partial charge in [-0.2, -0.15) is 4.98 Å². The molecule has 2 aromatic rings. The molecule has 1 aliphatic carbocycles. The van der Waals surface area contributed by atoms with E-state index in [9.17, 15) is 9.59 Å². The fraction of sp³-hybridized carbons (Fsp3) is 0.500. The van der Waals surface area contributed by atoms with Gasteiger partial charge in [0.2, 0.25) is 5.91 Å². The van der Waals surface area contributed by atoms with Crippen molar-refractivity contribution < 1.29 is 14.3 Å². The molecule has 1 fully saturated rings. The lowest BCUT2D eigenvalue weighted by molar-refractivity contribution is -0.113. The maximum atomic E-state index is 12.8. The summed E-state index contributed by atoms with van der Waals surface area (Å²) in [5.41, 5.74) is 2.42.